The summed E-state index contributed by atoms with van der Waals surface area (Å²) < 4.78 is 0. The topological polar surface area (TPSA) is 24.7 Å². The van der Waals surface area contributed by atoms with Crippen LogP contribution >= 0.6 is 0 Å². The highest BCUT2D eigenvalue weighted by Gasteiger charge is 2.23. The standard InChI is InChI=1S/C24H48N2/c1-5-9-17-21(7-3)23-19-15-13-11-12-14-16-20-24(26-25-23)22(8-4)18-10-6-2/h21-24H,5-20H2,1-4H3/b26-25+. The van der Waals surface area contributed by atoms with Gasteiger partial charge in [0.1, 0.15) is 0 Å². The van der Waals surface area contributed by atoms with E-state index < -0.39 is 0 Å². The number of unbranched alkanes of at least 4 members (excludes halogenated alkanes) is 2. The predicted octanol–water partition coefficient (Wildman–Crippen LogP) is 8.74. The van der Waals surface area contributed by atoms with E-state index in [-0.39, 0.29) is 0 Å². The van der Waals surface area contributed by atoms with Crippen molar-refractivity contribution in [1.82, 2.24) is 0 Å². The van der Waals surface area contributed by atoms with Crippen molar-refractivity contribution in [1.29, 1.82) is 0 Å². The zero-order chi connectivity index (χ0) is 19.0. The number of nitrogens with zero attached hydrogens (tertiary/aromatic N) is 2. The minimum Gasteiger partial charge on any atom is -0.190 e. The molecule has 0 aromatic heterocycles. The molecule has 1 rings (SSSR count). The van der Waals surface area contributed by atoms with Crippen LogP contribution in [0.4, 0.5) is 0 Å². The lowest BCUT2D eigenvalue weighted by Crippen LogP contribution is -2.22. The summed E-state index contributed by atoms with van der Waals surface area (Å²) in [6.07, 6.45) is 21.4. The molecule has 4 unspecified atom stereocenters. The van der Waals surface area contributed by atoms with Gasteiger partial charge in [-0.2, -0.15) is 10.2 Å². The summed E-state index contributed by atoms with van der Waals surface area (Å²) in [5.74, 6) is 1.50. The van der Waals surface area contributed by atoms with E-state index in [4.69, 9.17) is 10.2 Å². The maximum atomic E-state index is 5.06. The van der Waals surface area contributed by atoms with Crippen molar-refractivity contribution in [2.45, 2.75) is 143 Å². The molecule has 0 radical (unpaired) electrons. The molecular weight excluding hydrogens is 316 g/mol. The molecule has 0 amide bonds. The van der Waals surface area contributed by atoms with Crippen LogP contribution in [0, 0.1) is 11.8 Å². The number of hydrogen-bond donors (Lipinski definition) is 0. The smallest absolute Gasteiger partial charge is 0.0736 e. The van der Waals surface area contributed by atoms with Gasteiger partial charge >= 0.3 is 0 Å². The van der Waals surface area contributed by atoms with Crippen LogP contribution in [-0.4, -0.2) is 12.1 Å². The molecule has 1 aliphatic rings. The fourth-order valence-corrected chi connectivity index (χ4v) is 4.63. The summed E-state index contributed by atoms with van der Waals surface area (Å²) in [7, 11) is 0. The van der Waals surface area contributed by atoms with E-state index in [1.165, 1.54) is 103 Å². The molecule has 0 fully saturated rings. The van der Waals surface area contributed by atoms with Crippen LogP contribution in [0.1, 0.15) is 130 Å². The molecule has 2 heteroatoms. The van der Waals surface area contributed by atoms with E-state index in [9.17, 15) is 0 Å². The van der Waals surface area contributed by atoms with Gasteiger partial charge in [-0.25, -0.2) is 0 Å². The molecule has 0 saturated carbocycles. The lowest BCUT2D eigenvalue weighted by Gasteiger charge is -2.26. The Morgan fingerprint density at radius 2 is 1.00 bits per heavy atom. The van der Waals surface area contributed by atoms with Crippen LogP contribution in [0.2, 0.25) is 0 Å². The summed E-state index contributed by atoms with van der Waals surface area (Å²) in [5, 5.41) is 10.1. The Balaban J connectivity index is 2.86. The molecule has 26 heavy (non-hydrogen) atoms. The van der Waals surface area contributed by atoms with Crippen molar-refractivity contribution in [3.63, 3.8) is 0 Å². The highest BCUT2D eigenvalue weighted by Crippen LogP contribution is 2.29. The zero-order valence-corrected chi connectivity index (χ0v) is 18.5. The van der Waals surface area contributed by atoms with Crippen molar-refractivity contribution in [2.24, 2.45) is 22.1 Å². The highest BCUT2D eigenvalue weighted by atomic mass is 15.1. The number of hydrogen-bond acceptors (Lipinski definition) is 2. The van der Waals surface area contributed by atoms with Crippen LogP contribution < -0.4 is 0 Å². The van der Waals surface area contributed by atoms with Crippen LogP contribution in [0.15, 0.2) is 10.2 Å². The van der Waals surface area contributed by atoms with E-state index in [1.54, 1.807) is 0 Å². The molecule has 0 spiro atoms. The van der Waals surface area contributed by atoms with Gasteiger partial charge in [-0.1, -0.05) is 105 Å². The van der Waals surface area contributed by atoms with Gasteiger partial charge in [0.15, 0.2) is 0 Å². The van der Waals surface area contributed by atoms with Crippen LogP contribution in [0.25, 0.3) is 0 Å². The third kappa shape index (κ3) is 9.51. The minimum absolute atomic E-state index is 0.483. The molecule has 0 aliphatic carbocycles. The maximum Gasteiger partial charge on any atom is 0.0736 e. The number of rotatable bonds is 10. The predicted molar refractivity (Wildman–Crippen MR) is 116 cm³/mol. The van der Waals surface area contributed by atoms with E-state index >= 15 is 0 Å². The molecular formula is C24H48N2. The fraction of sp³-hybridized carbons (Fsp3) is 1.00. The molecule has 1 aliphatic heterocycles. The van der Waals surface area contributed by atoms with Gasteiger partial charge in [0.05, 0.1) is 12.1 Å². The largest absolute Gasteiger partial charge is 0.190 e. The Bertz CT molecular complexity index is 307. The average Bonchev–Trinajstić information content (AvgIpc) is 2.65. The van der Waals surface area contributed by atoms with Gasteiger partial charge in [-0.3, -0.25) is 0 Å². The van der Waals surface area contributed by atoms with Crippen molar-refractivity contribution in [3.8, 4) is 0 Å². The molecule has 0 saturated heterocycles. The minimum atomic E-state index is 0.483. The fourth-order valence-electron chi connectivity index (χ4n) is 4.63. The summed E-state index contributed by atoms with van der Waals surface area (Å²) in [6.45, 7) is 9.34. The van der Waals surface area contributed by atoms with E-state index in [1.807, 2.05) is 0 Å². The van der Waals surface area contributed by atoms with Crippen LogP contribution in [0.3, 0.4) is 0 Å². The highest BCUT2D eigenvalue weighted by molar-refractivity contribution is 4.79. The van der Waals surface area contributed by atoms with Crippen molar-refractivity contribution in [3.05, 3.63) is 0 Å². The SMILES string of the molecule is CCCCC(CC)C1CCCCCCCCC(C(CC)CCCC)/N=N/1. The molecule has 1 heterocycles. The van der Waals surface area contributed by atoms with E-state index in [2.05, 4.69) is 27.7 Å². The first-order chi connectivity index (χ1) is 12.8. The number of azo groups is 1. The monoisotopic (exact) mass is 364 g/mol. The normalized spacial score (nSPS) is 26.5. The Hall–Kier alpha value is -0.400. The van der Waals surface area contributed by atoms with Crippen molar-refractivity contribution in [2.75, 3.05) is 0 Å². The van der Waals surface area contributed by atoms with Gasteiger partial charge in [0, 0.05) is 0 Å². The Morgan fingerprint density at radius 3 is 1.35 bits per heavy atom. The second-order valence-corrected chi connectivity index (χ2v) is 8.69. The van der Waals surface area contributed by atoms with Gasteiger partial charge in [0.25, 0.3) is 0 Å². The Morgan fingerprint density at radius 1 is 0.615 bits per heavy atom. The van der Waals surface area contributed by atoms with Crippen molar-refractivity contribution >= 4 is 0 Å². The molecule has 4 atom stereocenters. The lowest BCUT2D eigenvalue weighted by atomic mass is 9.87. The molecule has 0 bridgehead atoms. The molecule has 0 aromatic rings. The van der Waals surface area contributed by atoms with Gasteiger partial charge in [0.2, 0.25) is 0 Å². The Labute approximate surface area is 165 Å². The van der Waals surface area contributed by atoms with Gasteiger partial charge in [-0.05, 0) is 37.5 Å². The zero-order valence-electron chi connectivity index (χ0n) is 18.5. The first kappa shape index (κ1) is 23.6. The van der Waals surface area contributed by atoms with Crippen molar-refractivity contribution < 1.29 is 0 Å². The molecule has 0 aromatic carbocycles. The third-order valence-corrected chi connectivity index (χ3v) is 6.61. The maximum absolute atomic E-state index is 5.06. The van der Waals surface area contributed by atoms with E-state index in [0.29, 0.717) is 12.1 Å². The Kier molecular flexibility index (Phi) is 14.2. The first-order valence-corrected chi connectivity index (χ1v) is 12.2. The first-order valence-electron chi connectivity index (χ1n) is 12.2. The quantitative estimate of drug-likeness (QED) is 0.370. The summed E-state index contributed by atoms with van der Waals surface area (Å²) in [6, 6.07) is 0.967. The third-order valence-electron chi connectivity index (χ3n) is 6.61. The summed E-state index contributed by atoms with van der Waals surface area (Å²) in [4.78, 5) is 0. The second kappa shape index (κ2) is 15.6. The van der Waals surface area contributed by atoms with Crippen LogP contribution in [-0.2, 0) is 0 Å². The average molecular weight is 365 g/mol. The molecule has 0 N–H and O–H groups in total. The lowest BCUT2D eigenvalue weighted by molar-refractivity contribution is 0.301. The second-order valence-electron chi connectivity index (χ2n) is 8.69. The van der Waals surface area contributed by atoms with Crippen LogP contribution in [0.5, 0.6) is 0 Å². The van der Waals surface area contributed by atoms with Gasteiger partial charge < -0.3 is 0 Å². The summed E-state index contributed by atoms with van der Waals surface area (Å²) in [5.41, 5.74) is 0. The van der Waals surface area contributed by atoms with Gasteiger partial charge in [-0.15, -0.1) is 0 Å². The molecule has 154 valence electrons. The van der Waals surface area contributed by atoms with E-state index in [0.717, 1.165) is 11.8 Å². The molecule has 2 nitrogen and oxygen atoms in total. The summed E-state index contributed by atoms with van der Waals surface area (Å²) >= 11 is 0.